The van der Waals surface area contributed by atoms with E-state index < -0.39 is 0 Å². The first-order chi connectivity index (χ1) is 23.2. The fraction of sp³-hybridized carbons (Fsp3) is 0.500. The van der Waals surface area contributed by atoms with Crippen LogP contribution in [0.2, 0.25) is 0 Å². The fourth-order valence-corrected chi connectivity index (χ4v) is 8.29. The lowest BCUT2D eigenvalue weighted by Gasteiger charge is -2.28. The van der Waals surface area contributed by atoms with E-state index in [0.29, 0.717) is 36.5 Å². The summed E-state index contributed by atoms with van der Waals surface area (Å²) in [5.74, 6) is 1.19. The van der Waals surface area contributed by atoms with E-state index in [4.69, 9.17) is 0 Å². The molecule has 0 aliphatic heterocycles. The molecular weight excluding hydrogens is 625 g/mol. The highest BCUT2D eigenvalue weighted by atomic mass is 16.3. The third-order valence-corrected chi connectivity index (χ3v) is 11.9. The van der Waals surface area contributed by atoms with Gasteiger partial charge in [-0.15, -0.1) is 0 Å². The highest BCUT2D eigenvalue weighted by molar-refractivity contribution is 5.61. The maximum absolute atomic E-state index is 11.5. The van der Waals surface area contributed by atoms with Gasteiger partial charge in [0.1, 0.15) is 17.2 Å². The first-order valence-corrected chi connectivity index (χ1v) is 18.8. The molecule has 51 heavy (non-hydrogen) atoms. The Labute approximate surface area is 310 Å². The molecule has 4 aromatic rings. The van der Waals surface area contributed by atoms with E-state index in [1.54, 1.807) is 0 Å². The summed E-state index contributed by atoms with van der Waals surface area (Å²) < 4.78 is 0. The van der Waals surface area contributed by atoms with Crippen LogP contribution in [0.3, 0.4) is 0 Å². The lowest BCUT2D eigenvalue weighted by Crippen LogP contribution is -2.16. The van der Waals surface area contributed by atoms with Crippen LogP contribution in [0.15, 0.2) is 18.2 Å². The molecule has 0 heterocycles. The Morgan fingerprint density at radius 3 is 0.706 bits per heavy atom. The predicted octanol–water partition coefficient (Wildman–Crippen LogP) is 12.2. The number of benzene rings is 4. The molecule has 0 aliphatic carbocycles. The zero-order valence-corrected chi connectivity index (χ0v) is 35.2. The SMILES string of the molecule is Cc1cc(C(C)(C)C)c(O)c(C)c1Cc1c(C)c(Cc2c(C)cc(C(C)(C)C)c(O)c2C)c(C)c(Cc2c(C)cc(C(C)(C)C)c(O)c2C)c1C. The minimum absolute atomic E-state index is 0.165. The van der Waals surface area contributed by atoms with Crippen LogP contribution in [0.1, 0.15) is 162 Å². The molecule has 4 aromatic carbocycles. The number of hydrogen-bond acceptors (Lipinski definition) is 3. The van der Waals surface area contributed by atoms with E-state index in [2.05, 4.69) is 143 Å². The largest absolute Gasteiger partial charge is 0.507 e. The van der Waals surface area contributed by atoms with Crippen molar-refractivity contribution in [3.05, 3.63) is 118 Å². The van der Waals surface area contributed by atoms with Crippen molar-refractivity contribution in [2.75, 3.05) is 0 Å². The molecule has 0 bridgehead atoms. The second kappa shape index (κ2) is 13.7. The van der Waals surface area contributed by atoms with Gasteiger partial charge in [-0.3, -0.25) is 0 Å². The van der Waals surface area contributed by atoms with Gasteiger partial charge in [0.25, 0.3) is 0 Å². The average molecular weight is 691 g/mol. The van der Waals surface area contributed by atoms with Crippen LogP contribution in [0.4, 0.5) is 0 Å². The predicted molar refractivity (Wildman–Crippen MR) is 218 cm³/mol. The lowest BCUT2D eigenvalue weighted by molar-refractivity contribution is 0.441. The molecule has 3 heteroatoms. The quantitative estimate of drug-likeness (QED) is 0.189. The van der Waals surface area contributed by atoms with Gasteiger partial charge in [-0.05, 0) is 198 Å². The Hall–Kier alpha value is -3.72. The maximum atomic E-state index is 11.5. The van der Waals surface area contributed by atoms with Gasteiger partial charge in [0.2, 0.25) is 0 Å². The summed E-state index contributed by atoms with van der Waals surface area (Å²) in [6.07, 6.45) is 2.14. The average Bonchev–Trinajstić information content (AvgIpc) is 2.99. The van der Waals surface area contributed by atoms with E-state index in [-0.39, 0.29) is 16.2 Å². The summed E-state index contributed by atoms with van der Waals surface area (Å²) in [5, 5.41) is 34.5. The minimum Gasteiger partial charge on any atom is -0.507 e. The van der Waals surface area contributed by atoms with Crippen LogP contribution >= 0.6 is 0 Å². The molecule has 0 atom stereocenters. The van der Waals surface area contributed by atoms with Gasteiger partial charge in [-0.25, -0.2) is 0 Å². The van der Waals surface area contributed by atoms with Crippen molar-refractivity contribution in [1.82, 2.24) is 0 Å². The Bertz CT molecular complexity index is 1760. The minimum atomic E-state index is -0.165. The van der Waals surface area contributed by atoms with E-state index in [9.17, 15) is 15.3 Å². The van der Waals surface area contributed by atoms with Gasteiger partial charge in [0, 0.05) is 0 Å². The van der Waals surface area contributed by atoms with Crippen LogP contribution in [0.5, 0.6) is 17.2 Å². The van der Waals surface area contributed by atoms with Gasteiger partial charge in [-0.1, -0.05) is 80.5 Å². The molecule has 0 fully saturated rings. The molecule has 0 saturated heterocycles. The highest BCUT2D eigenvalue weighted by Crippen LogP contribution is 2.43. The topological polar surface area (TPSA) is 60.7 Å². The molecule has 0 spiro atoms. The van der Waals surface area contributed by atoms with E-state index in [1.807, 2.05) is 0 Å². The third-order valence-electron chi connectivity index (χ3n) is 11.9. The van der Waals surface area contributed by atoms with Crippen molar-refractivity contribution in [3.8, 4) is 17.2 Å². The zero-order valence-electron chi connectivity index (χ0n) is 35.2. The Morgan fingerprint density at radius 1 is 0.333 bits per heavy atom. The summed E-state index contributed by atoms with van der Waals surface area (Å²) >= 11 is 0. The van der Waals surface area contributed by atoms with Gasteiger partial charge in [0.05, 0.1) is 0 Å². The van der Waals surface area contributed by atoms with Gasteiger partial charge in [0.15, 0.2) is 0 Å². The molecule has 4 rings (SSSR count). The van der Waals surface area contributed by atoms with Crippen LogP contribution in [-0.4, -0.2) is 15.3 Å². The van der Waals surface area contributed by atoms with Crippen LogP contribution in [0.25, 0.3) is 0 Å². The molecule has 276 valence electrons. The molecule has 0 radical (unpaired) electrons. The molecule has 0 unspecified atom stereocenters. The number of hydrogen-bond donors (Lipinski definition) is 3. The monoisotopic (exact) mass is 691 g/mol. The van der Waals surface area contributed by atoms with Crippen molar-refractivity contribution in [2.24, 2.45) is 0 Å². The number of phenolic OH excluding ortho intramolecular Hbond substituents is 3. The molecule has 0 saturated carbocycles. The molecule has 0 aromatic heterocycles. The fourth-order valence-electron chi connectivity index (χ4n) is 8.29. The zero-order chi connectivity index (χ0) is 38.9. The van der Waals surface area contributed by atoms with Crippen molar-refractivity contribution >= 4 is 0 Å². The van der Waals surface area contributed by atoms with Crippen LogP contribution in [0, 0.1) is 62.3 Å². The summed E-state index contributed by atoms with van der Waals surface area (Å²) in [7, 11) is 0. The second-order valence-corrected chi connectivity index (χ2v) is 18.7. The highest BCUT2D eigenvalue weighted by Gasteiger charge is 2.28. The number of aromatic hydroxyl groups is 3. The normalized spacial score (nSPS) is 12.6. The van der Waals surface area contributed by atoms with Gasteiger partial charge in [-0.2, -0.15) is 0 Å². The number of rotatable bonds is 6. The van der Waals surface area contributed by atoms with Crippen molar-refractivity contribution in [2.45, 2.75) is 160 Å². The molecular formula is C48H66O3. The maximum Gasteiger partial charge on any atom is 0.122 e. The van der Waals surface area contributed by atoms with Crippen molar-refractivity contribution in [1.29, 1.82) is 0 Å². The van der Waals surface area contributed by atoms with Crippen LogP contribution < -0.4 is 0 Å². The molecule has 3 nitrogen and oxygen atoms in total. The first kappa shape index (κ1) is 40.1. The number of aryl methyl sites for hydroxylation is 3. The smallest absolute Gasteiger partial charge is 0.122 e. The Kier molecular flexibility index (Phi) is 10.7. The van der Waals surface area contributed by atoms with E-state index in [0.717, 1.165) is 33.4 Å². The van der Waals surface area contributed by atoms with Crippen molar-refractivity contribution in [3.63, 3.8) is 0 Å². The van der Waals surface area contributed by atoms with Gasteiger partial charge < -0.3 is 15.3 Å². The molecule has 0 amide bonds. The van der Waals surface area contributed by atoms with Crippen molar-refractivity contribution < 1.29 is 15.3 Å². The Morgan fingerprint density at radius 2 is 0.529 bits per heavy atom. The Balaban J connectivity index is 2.03. The van der Waals surface area contributed by atoms with E-state index in [1.165, 1.54) is 66.8 Å². The van der Waals surface area contributed by atoms with Gasteiger partial charge >= 0.3 is 0 Å². The molecule has 3 N–H and O–H groups in total. The van der Waals surface area contributed by atoms with E-state index >= 15 is 0 Å². The summed E-state index contributed by atoms with van der Waals surface area (Å²) in [6, 6.07) is 6.53. The lowest BCUT2D eigenvalue weighted by atomic mass is 9.77. The second-order valence-electron chi connectivity index (χ2n) is 18.7. The summed E-state index contributed by atoms with van der Waals surface area (Å²) in [4.78, 5) is 0. The third kappa shape index (κ3) is 7.46. The standard InChI is InChI=1S/C48H66O3/c1-25-19-40(46(10,11)12)43(49)31(7)34(25)22-37-28(4)38(23-35-26(2)20-41(47(13,14)15)44(50)32(35)8)30(6)39(29(37)5)24-36-27(3)21-42(48(16,17)18)45(51)33(36)9/h19-21,49-51H,22-24H2,1-18H3. The number of phenols is 3. The molecule has 0 aliphatic rings. The summed E-state index contributed by atoms with van der Waals surface area (Å²) in [6.45, 7) is 38.9. The summed E-state index contributed by atoms with van der Waals surface area (Å²) in [5.41, 5.74) is 20.1. The van der Waals surface area contributed by atoms with Crippen LogP contribution in [-0.2, 0) is 35.5 Å². The first-order valence-electron chi connectivity index (χ1n) is 18.8.